The summed E-state index contributed by atoms with van der Waals surface area (Å²) in [6, 6.07) is 8.07. The lowest BCUT2D eigenvalue weighted by Gasteiger charge is -2.40. The van der Waals surface area contributed by atoms with Crippen LogP contribution in [-0.2, 0) is 4.74 Å². The highest BCUT2D eigenvalue weighted by Gasteiger charge is 2.33. The first-order valence-corrected chi connectivity index (χ1v) is 10.2. The number of aromatic nitrogens is 1. The number of allylic oxidation sites excluding steroid dienone is 1. The number of aliphatic imine (C=N–C) groups is 1. The molecule has 2 aromatic rings. The van der Waals surface area contributed by atoms with Gasteiger partial charge in [0.15, 0.2) is 5.78 Å². The summed E-state index contributed by atoms with van der Waals surface area (Å²) in [4.78, 5) is 26.0. The highest BCUT2D eigenvalue weighted by Crippen LogP contribution is 2.31. The van der Waals surface area contributed by atoms with Gasteiger partial charge in [0, 0.05) is 42.8 Å². The number of morpholine rings is 1. The van der Waals surface area contributed by atoms with Crippen molar-refractivity contribution in [3.05, 3.63) is 83.1 Å². The number of nitrogens with zero attached hydrogens (tertiary/aromatic N) is 4. The van der Waals surface area contributed by atoms with Gasteiger partial charge in [-0.3, -0.25) is 9.78 Å². The van der Waals surface area contributed by atoms with Gasteiger partial charge < -0.3 is 14.5 Å². The van der Waals surface area contributed by atoms with Crippen molar-refractivity contribution < 1.29 is 13.9 Å². The van der Waals surface area contributed by atoms with Gasteiger partial charge in [0.25, 0.3) is 0 Å². The van der Waals surface area contributed by atoms with E-state index in [1.807, 2.05) is 35.9 Å². The summed E-state index contributed by atoms with van der Waals surface area (Å²) in [6.45, 7) is 9.30. The van der Waals surface area contributed by atoms with E-state index in [1.54, 1.807) is 25.4 Å². The second kappa shape index (κ2) is 8.43. The van der Waals surface area contributed by atoms with Crippen molar-refractivity contribution in [3.63, 3.8) is 0 Å². The smallest absolute Gasteiger partial charge is 0.206 e. The molecule has 1 atom stereocenters. The normalized spacial score (nSPS) is 19.5. The van der Waals surface area contributed by atoms with E-state index in [2.05, 4.69) is 11.6 Å². The molecule has 0 amide bonds. The average molecular weight is 420 g/mol. The molecule has 0 spiro atoms. The number of benzene rings is 1. The first kappa shape index (κ1) is 20.9. The monoisotopic (exact) mass is 420 g/mol. The van der Waals surface area contributed by atoms with Crippen LogP contribution in [0.1, 0.15) is 28.4 Å². The Hall–Kier alpha value is -3.32. The molecule has 0 radical (unpaired) electrons. The molecule has 2 aliphatic heterocycles. The van der Waals surface area contributed by atoms with Crippen LogP contribution in [0.4, 0.5) is 4.39 Å². The van der Waals surface area contributed by atoms with Crippen LogP contribution >= 0.6 is 0 Å². The molecule has 4 rings (SSSR count). The number of carbonyl (C=O) groups is 1. The van der Waals surface area contributed by atoms with E-state index < -0.39 is 11.9 Å². The zero-order valence-corrected chi connectivity index (χ0v) is 17.9. The summed E-state index contributed by atoms with van der Waals surface area (Å²) in [7, 11) is 1.91. The minimum Gasteiger partial charge on any atom is -0.366 e. The number of rotatable bonds is 3. The van der Waals surface area contributed by atoms with Crippen LogP contribution in [0.5, 0.6) is 0 Å². The maximum absolute atomic E-state index is 13.7. The van der Waals surface area contributed by atoms with E-state index in [-0.39, 0.29) is 5.78 Å². The van der Waals surface area contributed by atoms with Gasteiger partial charge >= 0.3 is 0 Å². The molecule has 3 heterocycles. The summed E-state index contributed by atoms with van der Waals surface area (Å²) < 4.78 is 19.5. The molecule has 0 N–H and O–H groups in total. The van der Waals surface area contributed by atoms with E-state index >= 15 is 0 Å². The van der Waals surface area contributed by atoms with Gasteiger partial charge in [-0.1, -0.05) is 12.6 Å². The Bertz CT molecular complexity index is 1090. The fourth-order valence-corrected chi connectivity index (χ4v) is 3.86. The largest absolute Gasteiger partial charge is 0.366 e. The molecule has 1 fully saturated rings. The number of halogens is 1. The van der Waals surface area contributed by atoms with Crippen molar-refractivity contribution in [2.75, 3.05) is 26.7 Å². The third-order valence-corrected chi connectivity index (χ3v) is 5.77. The fourth-order valence-electron chi connectivity index (χ4n) is 3.86. The van der Waals surface area contributed by atoms with Gasteiger partial charge in [-0.2, -0.15) is 0 Å². The van der Waals surface area contributed by atoms with Crippen molar-refractivity contribution in [3.8, 4) is 0 Å². The van der Waals surface area contributed by atoms with Crippen LogP contribution in [0.2, 0.25) is 0 Å². The first-order valence-electron chi connectivity index (χ1n) is 10.2. The molecule has 7 heteroatoms. The molecular formula is C24H25FN4O2. The highest BCUT2D eigenvalue weighted by atomic mass is 19.1. The molecule has 0 aliphatic carbocycles. The predicted octanol–water partition coefficient (Wildman–Crippen LogP) is 3.66. The lowest BCUT2D eigenvalue weighted by atomic mass is 10.00. The van der Waals surface area contributed by atoms with Gasteiger partial charge in [-0.25, -0.2) is 9.38 Å². The molecule has 1 unspecified atom stereocenters. The number of Topliss-reactive ketones (excluding diaryl/α,β-unsaturated/α-hetero) is 1. The lowest BCUT2D eigenvalue weighted by molar-refractivity contribution is 0.000429. The molecule has 0 saturated carbocycles. The Kier molecular flexibility index (Phi) is 5.69. The van der Waals surface area contributed by atoms with Crippen molar-refractivity contribution in [1.29, 1.82) is 0 Å². The van der Waals surface area contributed by atoms with Crippen LogP contribution in [0, 0.1) is 12.7 Å². The highest BCUT2D eigenvalue weighted by molar-refractivity contribution is 6.01. The average Bonchev–Trinajstić information content (AvgIpc) is 2.79. The standard InChI is InChI=1S/C24H25FN4O2/c1-15-5-6-19(25)13-20(15)23(30)21-14-29(11-12-31-21)24-27-22(16(2)17(3)28(24)4)18-7-9-26-10-8-18/h5-10,13,21H,3,11-12,14H2,1-2,4H3. The fraction of sp³-hybridized carbons (Fsp3) is 0.292. The van der Waals surface area contributed by atoms with Crippen molar-refractivity contribution in [1.82, 2.24) is 14.8 Å². The Morgan fingerprint density at radius 3 is 2.71 bits per heavy atom. The molecule has 0 bridgehead atoms. The van der Waals surface area contributed by atoms with Crippen molar-refractivity contribution in [2.45, 2.75) is 20.0 Å². The predicted molar refractivity (Wildman–Crippen MR) is 118 cm³/mol. The zero-order valence-electron chi connectivity index (χ0n) is 17.9. The number of hydrogen-bond acceptors (Lipinski definition) is 6. The second-order valence-corrected chi connectivity index (χ2v) is 7.76. The zero-order chi connectivity index (χ0) is 22.1. The molecular weight excluding hydrogens is 395 g/mol. The maximum atomic E-state index is 13.7. The Morgan fingerprint density at radius 1 is 1.23 bits per heavy atom. The third kappa shape index (κ3) is 4.01. The minimum absolute atomic E-state index is 0.222. The third-order valence-electron chi connectivity index (χ3n) is 5.77. The van der Waals surface area contributed by atoms with Gasteiger partial charge in [-0.15, -0.1) is 0 Å². The molecule has 31 heavy (non-hydrogen) atoms. The summed E-state index contributed by atoms with van der Waals surface area (Å²) >= 11 is 0. The molecule has 1 aromatic carbocycles. The summed E-state index contributed by atoms with van der Waals surface area (Å²) in [6.07, 6.45) is 2.77. The minimum atomic E-state index is -0.699. The number of ether oxygens (including phenoxy) is 1. The molecule has 2 aliphatic rings. The first-order chi connectivity index (χ1) is 14.9. The lowest BCUT2D eigenvalue weighted by Crippen LogP contribution is -2.53. The number of likely N-dealkylation sites (N-methyl/N-ethyl adjacent to an activating group) is 1. The van der Waals surface area contributed by atoms with Crippen LogP contribution in [0.3, 0.4) is 0 Å². The van der Waals surface area contributed by atoms with E-state index in [9.17, 15) is 9.18 Å². The topological polar surface area (TPSA) is 58.0 Å². The Morgan fingerprint density at radius 2 is 1.97 bits per heavy atom. The molecule has 160 valence electrons. The van der Waals surface area contributed by atoms with E-state index in [0.29, 0.717) is 31.2 Å². The van der Waals surface area contributed by atoms with Gasteiger partial charge in [-0.05, 0) is 49.2 Å². The van der Waals surface area contributed by atoms with Gasteiger partial charge in [0.1, 0.15) is 11.9 Å². The summed E-state index contributed by atoms with van der Waals surface area (Å²) in [5.74, 6) is 0.0528. The Balaban J connectivity index is 1.63. The summed E-state index contributed by atoms with van der Waals surface area (Å²) in [5, 5.41) is 0. The van der Waals surface area contributed by atoms with E-state index in [4.69, 9.17) is 9.73 Å². The van der Waals surface area contributed by atoms with Crippen LogP contribution in [0.15, 0.2) is 65.6 Å². The van der Waals surface area contributed by atoms with Crippen LogP contribution in [-0.4, -0.2) is 59.4 Å². The molecule has 6 nitrogen and oxygen atoms in total. The van der Waals surface area contributed by atoms with Crippen LogP contribution in [0.25, 0.3) is 5.70 Å². The van der Waals surface area contributed by atoms with Crippen molar-refractivity contribution in [2.24, 2.45) is 4.99 Å². The van der Waals surface area contributed by atoms with Crippen LogP contribution < -0.4 is 0 Å². The van der Waals surface area contributed by atoms with E-state index in [0.717, 1.165) is 28.1 Å². The van der Waals surface area contributed by atoms with Gasteiger partial charge in [0.2, 0.25) is 5.96 Å². The number of guanidine groups is 1. The number of hydrogen-bond donors (Lipinski definition) is 0. The SMILES string of the molecule is C=C1C(C)=C(c2ccncc2)N=C(N2CCOC(C(=O)c3cc(F)ccc3C)C2)N1C. The quantitative estimate of drug-likeness (QED) is 0.710. The Labute approximate surface area is 181 Å². The molecule has 1 aromatic heterocycles. The van der Waals surface area contributed by atoms with Crippen molar-refractivity contribution >= 4 is 17.4 Å². The van der Waals surface area contributed by atoms with Gasteiger partial charge in [0.05, 0.1) is 18.8 Å². The summed E-state index contributed by atoms with van der Waals surface area (Å²) in [5.41, 5.74) is 4.68. The number of pyridine rings is 1. The number of aryl methyl sites for hydroxylation is 1. The van der Waals surface area contributed by atoms with E-state index in [1.165, 1.54) is 12.1 Å². The number of ketones is 1. The molecule has 1 saturated heterocycles. The second-order valence-electron chi connectivity index (χ2n) is 7.76. The maximum Gasteiger partial charge on any atom is 0.206 e. The number of carbonyl (C=O) groups excluding carboxylic acids is 1.